The summed E-state index contributed by atoms with van der Waals surface area (Å²) in [7, 11) is 0. The van der Waals surface area contributed by atoms with E-state index in [0.717, 1.165) is 16.9 Å². The second kappa shape index (κ2) is 28.9. The standard InChI is InChI=1S/C51H68N12O11/c52-42(65)29-38(47(70)62-40(30-64)48(71)61-39(28-33-17-8-3-9-18-33)49(72)63-26-12-21-41(63)50(73)74)60-45(68)36(23-22-31-13-4-1-5-14-31)58-46(69)37(27-32-15-6-2-7-16-32)59-44(67)35(20-11-25-56-51(53)54)57-43(66)34-19-10-24-55-34/h1-9,13-18,34-41,55,64H,10-12,19-30H2,(H2,52,65)(H,57,66)(H,58,69)(H,59,67)(H,60,68)(H,61,71)(H,62,70)(H,73,74)(H4,53,54,56)/t34-,35-,36-,37-,38-,39-,40-,41+/m0/s1. The summed E-state index contributed by atoms with van der Waals surface area (Å²) in [5.41, 5.74) is 18.6. The molecule has 0 saturated carbocycles. The zero-order chi connectivity index (χ0) is 53.6. The molecule has 2 aliphatic rings. The summed E-state index contributed by atoms with van der Waals surface area (Å²) >= 11 is 0. The molecular weight excluding hydrogens is 957 g/mol. The molecule has 0 aliphatic carbocycles. The van der Waals surface area contributed by atoms with Crippen molar-refractivity contribution in [1.82, 2.24) is 42.1 Å². The third kappa shape index (κ3) is 18.0. The number of aryl methyl sites for hydroxylation is 1. The van der Waals surface area contributed by atoms with Gasteiger partial charge in [-0.2, -0.15) is 0 Å². The maximum atomic E-state index is 14.5. The van der Waals surface area contributed by atoms with E-state index in [0.29, 0.717) is 30.5 Å². The number of carboxylic acid groups (broad SMARTS) is 1. The van der Waals surface area contributed by atoms with E-state index in [1.165, 1.54) is 0 Å². The van der Waals surface area contributed by atoms with Gasteiger partial charge < -0.3 is 69.5 Å². The second-order valence-corrected chi connectivity index (χ2v) is 18.2. The van der Waals surface area contributed by atoms with Crippen molar-refractivity contribution >= 4 is 59.2 Å². The van der Waals surface area contributed by atoms with Crippen LogP contribution in [0.2, 0.25) is 0 Å². The topological polar surface area (TPSA) is 372 Å². The minimum Gasteiger partial charge on any atom is -0.480 e. The van der Waals surface area contributed by atoms with Crippen molar-refractivity contribution in [2.45, 2.75) is 119 Å². The lowest BCUT2D eigenvalue weighted by molar-refractivity contribution is -0.149. The molecular formula is C51H68N12O11. The number of aliphatic carboxylic acids is 1. The largest absolute Gasteiger partial charge is 0.480 e. The minimum absolute atomic E-state index is 0.0580. The first kappa shape index (κ1) is 57.0. The Morgan fingerprint density at radius 1 is 0.608 bits per heavy atom. The molecule has 3 aromatic rings. The van der Waals surface area contributed by atoms with Crippen LogP contribution in [-0.2, 0) is 62.4 Å². The summed E-state index contributed by atoms with van der Waals surface area (Å²) < 4.78 is 0. The number of primary amides is 1. The van der Waals surface area contributed by atoms with Gasteiger partial charge in [0.05, 0.1) is 19.1 Å². The quantitative estimate of drug-likeness (QED) is 0.0208. The van der Waals surface area contributed by atoms with Crippen LogP contribution in [0, 0.1) is 0 Å². The Balaban J connectivity index is 1.36. The number of benzene rings is 3. The van der Waals surface area contributed by atoms with Crippen LogP contribution >= 0.6 is 0 Å². The monoisotopic (exact) mass is 1020 g/mol. The molecule has 0 bridgehead atoms. The molecule has 23 nitrogen and oxygen atoms in total. The van der Waals surface area contributed by atoms with Gasteiger partial charge in [0.2, 0.25) is 47.3 Å². The van der Waals surface area contributed by atoms with Crippen molar-refractivity contribution < 1.29 is 53.4 Å². The van der Waals surface area contributed by atoms with E-state index in [2.05, 4.69) is 42.2 Å². The van der Waals surface area contributed by atoms with Crippen LogP contribution in [0.1, 0.15) is 68.1 Å². The number of aliphatic hydroxyl groups is 1. The molecule has 23 heteroatoms. The SMILES string of the molecule is NC(=O)C[C@H](NC(=O)[C@H](CCc1ccccc1)NC(=O)[C@H](Cc1ccccc1)NC(=O)[C@H](CCCN=C(N)N)NC(=O)[C@@H]1CCCN1)C(=O)N[C@@H](CO)C(=O)N[C@@H](Cc1ccccc1)C(=O)N1CCC[C@@H]1C(=O)O. The molecule has 15 N–H and O–H groups in total. The van der Waals surface area contributed by atoms with Gasteiger partial charge in [0, 0.05) is 25.9 Å². The highest BCUT2D eigenvalue weighted by atomic mass is 16.4. The van der Waals surface area contributed by atoms with Crippen molar-refractivity contribution in [3.05, 3.63) is 108 Å². The summed E-state index contributed by atoms with van der Waals surface area (Å²) in [5.74, 6) is -8.11. The molecule has 2 aliphatic heterocycles. The Morgan fingerprint density at radius 2 is 1.11 bits per heavy atom. The molecule has 3 aromatic carbocycles. The van der Waals surface area contributed by atoms with E-state index >= 15 is 0 Å². The van der Waals surface area contributed by atoms with Crippen molar-refractivity contribution in [3.63, 3.8) is 0 Å². The van der Waals surface area contributed by atoms with E-state index in [1.807, 2.05) is 0 Å². The van der Waals surface area contributed by atoms with Crippen LogP contribution in [0.25, 0.3) is 0 Å². The van der Waals surface area contributed by atoms with Crippen LogP contribution in [-0.4, -0.2) is 149 Å². The third-order valence-corrected chi connectivity index (χ3v) is 12.6. The van der Waals surface area contributed by atoms with E-state index in [4.69, 9.17) is 17.2 Å². The predicted octanol–water partition coefficient (Wildman–Crippen LogP) is -2.24. The Labute approximate surface area is 428 Å². The van der Waals surface area contributed by atoms with Crippen LogP contribution in [0.4, 0.5) is 0 Å². The first-order valence-corrected chi connectivity index (χ1v) is 24.7. The van der Waals surface area contributed by atoms with E-state index in [-0.39, 0.29) is 64.0 Å². The fourth-order valence-electron chi connectivity index (χ4n) is 8.74. The Bertz CT molecular complexity index is 2420. The van der Waals surface area contributed by atoms with Crippen LogP contribution in [0.15, 0.2) is 96.0 Å². The zero-order valence-electron chi connectivity index (χ0n) is 41.1. The third-order valence-electron chi connectivity index (χ3n) is 12.6. The predicted molar refractivity (Wildman–Crippen MR) is 271 cm³/mol. The van der Waals surface area contributed by atoms with E-state index in [1.54, 1.807) is 91.0 Å². The lowest BCUT2D eigenvalue weighted by atomic mass is 10.0. The number of hydrogen-bond donors (Lipinski definition) is 12. The number of carboxylic acids is 1. The second-order valence-electron chi connectivity index (χ2n) is 18.2. The smallest absolute Gasteiger partial charge is 0.326 e. The fourth-order valence-corrected chi connectivity index (χ4v) is 8.74. The summed E-state index contributed by atoms with van der Waals surface area (Å²) in [6.07, 6.45) is 1.59. The number of likely N-dealkylation sites (tertiary alicyclic amines) is 1. The highest BCUT2D eigenvalue weighted by Crippen LogP contribution is 2.20. The Morgan fingerprint density at radius 3 is 1.66 bits per heavy atom. The minimum atomic E-state index is -1.77. The highest BCUT2D eigenvalue weighted by Gasteiger charge is 2.39. The van der Waals surface area contributed by atoms with E-state index < -0.39 is 115 Å². The van der Waals surface area contributed by atoms with Gasteiger partial charge in [-0.1, -0.05) is 91.0 Å². The summed E-state index contributed by atoms with van der Waals surface area (Å²) in [4.78, 5) is 128. The average molecular weight is 1030 g/mol. The van der Waals surface area contributed by atoms with Gasteiger partial charge in [0.25, 0.3) is 0 Å². The lowest BCUT2D eigenvalue weighted by Crippen LogP contribution is -2.61. The van der Waals surface area contributed by atoms with Crippen molar-refractivity contribution in [3.8, 4) is 0 Å². The number of nitrogens with zero attached hydrogens (tertiary/aromatic N) is 2. The van der Waals surface area contributed by atoms with Crippen molar-refractivity contribution in [1.29, 1.82) is 0 Å². The maximum Gasteiger partial charge on any atom is 0.326 e. The van der Waals surface area contributed by atoms with Gasteiger partial charge in [0.1, 0.15) is 42.3 Å². The number of nitrogens with two attached hydrogens (primary N) is 3. The first-order valence-electron chi connectivity index (χ1n) is 24.7. The molecule has 2 saturated heterocycles. The number of aliphatic hydroxyl groups excluding tert-OH is 1. The summed E-state index contributed by atoms with van der Waals surface area (Å²) in [6, 6.07) is 15.9. The molecule has 0 unspecified atom stereocenters. The molecule has 0 spiro atoms. The molecule has 0 radical (unpaired) electrons. The maximum absolute atomic E-state index is 14.5. The molecule has 5 rings (SSSR count). The zero-order valence-corrected chi connectivity index (χ0v) is 41.1. The molecule has 0 aromatic heterocycles. The first-order chi connectivity index (χ1) is 35.5. The van der Waals surface area contributed by atoms with Gasteiger partial charge in [-0.25, -0.2) is 4.79 Å². The van der Waals surface area contributed by atoms with Crippen LogP contribution in [0.3, 0.4) is 0 Å². The molecule has 398 valence electrons. The molecule has 8 atom stereocenters. The van der Waals surface area contributed by atoms with Crippen molar-refractivity contribution in [2.24, 2.45) is 22.2 Å². The van der Waals surface area contributed by atoms with Gasteiger partial charge in [-0.15, -0.1) is 0 Å². The Hall–Kier alpha value is -7.92. The number of guanidine groups is 1. The van der Waals surface area contributed by atoms with Crippen molar-refractivity contribution in [2.75, 3.05) is 26.2 Å². The van der Waals surface area contributed by atoms with Gasteiger partial charge in [-0.3, -0.25) is 43.3 Å². The number of amides is 8. The number of aliphatic imine (C=N–C) groups is 1. The number of hydrogen-bond acceptors (Lipinski definition) is 12. The summed E-state index contributed by atoms with van der Waals surface area (Å²) in [5, 5.41) is 38.9. The number of carbonyl (C=O) groups excluding carboxylic acids is 8. The number of nitrogens with one attached hydrogen (secondary N) is 7. The Kier molecular flexibility index (Phi) is 22.3. The number of rotatable bonds is 28. The average Bonchev–Trinajstić information content (AvgIpc) is 4.12. The molecule has 74 heavy (non-hydrogen) atoms. The summed E-state index contributed by atoms with van der Waals surface area (Å²) in [6.45, 7) is -0.0967. The van der Waals surface area contributed by atoms with Crippen LogP contribution in [0.5, 0.6) is 0 Å². The molecule has 2 heterocycles. The van der Waals surface area contributed by atoms with Gasteiger partial charge >= 0.3 is 5.97 Å². The molecule has 8 amide bonds. The van der Waals surface area contributed by atoms with Gasteiger partial charge in [0.15, 0.2) is 5.96 Å². The normalized spacial score (nSPS) is 17.4. The van der Waals surface area contributed by atoms with Crippen LogP contribution < -0.4 is 54.4 Å². The lowest BCUT2D eigenvalue weighted by Gasteiger charge is -2.29. The van der Waals surface area contributed by atoms with Gasteiger partial charge in [-0.05, 0) is 74.6 Å². The molecule has 2 fully saturated rings. The number of carbonyl (C=O) groups is 9. The van der Waals surface area contributed by atoms with E-state index in [9.17, 15) is 53.4 Å². The fraction of sp³-hybridized carbons (Fsp3) is 0.451. The highest BCUT2D eigenvalue weighted by molar-refractivity contribution is 5.99.